The quantitative estimate of drug-likeness (QED) is 0.397. The molecule has 0 radical (unpaired) electrons. The number of rotatable bonds is 7. The maximum absolute atomic E-state index is 9.21. The summed E-state index contributed by atoms with van der Waals surface area (Å²) in [5.41, 5.74) is 1.06. The van der Waals surface area contributed by atoms with Gasteiger partial charge in [-0.1, -0.05) is 12.1 Å². The highest BCUT2D eigenvalue weighted by molar-refractivity contribution is 5.79. The van der Waals surface area contributed by atoms with Gasteiger partial charge in [-0.3, -0.25) is 0 Å². The van der Waals surface area contributed by atoms with Gasteiger partial charge < -0.3 is 20.5 Å². The van der Waals surface area contributed by atoms with Gasteiger partial charge in [0.05, 0.1) is 6.54 Å². The maximum Gasteiger partial charge on any atom is 0.191 e. The molecule has 1 aromatic rings. The Bertz CT molecular complexity index is 377. The van der Waals surface area contributed by atoms with Crippen molar-refractivity contribution in [2.24, 2.45) is 4.99 Å². The van der Waals surface area contributed by atoms with Gasteiger partial charge in [0, 0.05) is 26.8 Å². The SMILES string of the molecule is CCNC(=NCc1ccc(O)cc1)NCCCOC. The summed E-state index contributed by atoms with van der Waals surface area (Å²) in [4.78, 5) is 4.48. The molecule has 106 valence electrons. The first-order valence-corrected chi connectivity index (χ1v) is 6.55. The predicted octanol–water partition coefficient (Wildman–Crippen LogP) is 1.48. The molecule has 0 saturated carbocycles. The summed E-state index contributed by atoms with van der Waals surface area (Å²) in [6.45, 7) is 5.01. The summed E-state index contributed by atoms with van der Waals surface area (Å²) >= 11 is 0. The molecule has 0 fully saturated rings. The van der Waals surface area contributed by atoms with Crippen LogP contribution < -0.4 is 10.6 Å². The molecule has 0 amide bonds. The number of nitrogens with zero attached hydrogens (tertiary/aromatic N) is 1. The summed E-state index contributed by atoms with van der Waals surface area (Å²) in [6.07, 6.45) is 0.945. The van der Waals surface area contributed by atoms with E-state index < -0.39 is 0 Å². The standard InChI is InChI=1S/C14H23N3O2/c1-3-15-14(16-9-4-10-19-2)17-11-12-5-7-13(18)8-6-12/h5-8,18H,3-4,9-11H2,1-2H3,(H2,15,16,17). The first kappa shape index (κ1) is 15.3. The highest BCUT2D eigenvalue weighted by atomic mass is 16.5. The summed E-state index contributed by atoms with van der Waals surface area (Å²) in [5, 5.41) is 15.6. The van der Waals surface area contributed by atoms with E-state index in [0.717, 1.165) is 37.6 Å². The highest BCUT2D eigenvalue weighted by Crippen LogP contribution is 2.10. The number of aromatic hydroxyl groups is 1. The van der Waals surface area contributed by atoms with Crippen molar-refractivity contribution in [3.8, 4) is 5.75 Å². The van der Waals surface area contributed by atoms with Gasteiger partial charge in [0.1, 0.15) is 5.75 Å². The number of nitrogens with one attached hydrogen (secondary N) is 2. The Morgan fingerprint density at radius 1 is 1.26 bits per heavy atom. The van der Waals surface area contributed by atoms with E-state index in [1.54, 1.807) is 19.2 Å². The second kappa shape index (κ2) is 9.22. The van der Waals surface area contributed by atoms with Crippen molar-refractivity contribution in [2.45, 2.75) is 19.9 Å². The fourth-order valence-electron chi connectivity index (χ4n) is 1.54. The van der Waals surface area contributed by atoms with E-state index in [2.05, 4.69) is 15.6 Å². The first-order valence-electron chi connectivity index (χ1n) is 6.55. The Morgan fingerprint density at radius 3 is 2.63 bits per heavy atom. The monoisotopic (exact) mass is 265 g/mol. The van der Waals surface area contributed by atoms with Crippen molar-refractivity contribution in [3.63, 3.8) is 0 Å². The van der Waals surface area contributed by atoms with Crippen LogP contribution >= 0.6 is 0 Å². The van der Waals surface area contributed by atoms with Crippen molar-refractivity contribution in [3.05, 3.63) is 29.8 Å². The number of ether oxygens (including phenoxy) is 1. The van der Waals surface area contributed by atoms with Gasteiger partial charge in [0.15, 0.2) is 5.96 Å². The Kier molecular flexibility index (Phi) is 7.43. The Balaban J connectivity index is 2.45. The molecule has 5 nitrogen and oxygen atoms in total. The van der Waals surface area contributed by atoms with Crippen LogP contribution in [0.25, 0.3) is 0 Å². The summed E-state index contributed by atoms with van der Waals surface area (Å²) in [6, 6.07) is 7.08. The normalized spacial score (nSPS) is 11.4. The fourth-order valence-corrected chi connectivity index (χ4v) is 1.54. The van der Waals surface area contributed by atoms with Gasteiger partial charge in [-0.05, 0) is 31.0 Å². The molecular formula is C14H23N3O2. The molecule has 0 atom stereocenters. The van der Waals surface area contributed by atoms with Gasteiger partial charge in [0.2, 0.25) is 0 Å². The lowest BCUT2D eigenvalue weighted by Crippen LogP contribution is -2.38. The van der Waals surface area contributed by atoms with Crippen molar-refractivity contribution in [1.29, 1.82) is 0 Å². The van der Waals surface area contributed by atoms with E-state index in [1.165, 1.54) is 0 Å². The smallest absolute Gasteiger partial charge is 0.191 e. The van der Waals surface area contributed by atoms with Gasteiger partial charge in [0.25, 0.3) is 0 Å². The molecule has 0 aliphatic rings. The van der Waals surface area contributed by atoms with Gasteiger partial charge >= 0.3 is 0 Å². The number of hydrogen-bond donors (Lipinski definition) is 3. The lowest BCUT2D eigenvalue weighted by Gasteiger charge is -2.11. The van der Waals surface area contributed by atoms with Crippen LogP contribution in [0.4, 0.5) is 0 Å². The molecule has 0 aliphatic heterocycles. The van der Waals surface area contributed by atoms with Crippen LogP contribution in [0.1, 0.15) is 18.9 Å². The van der Waals surface area contributed by atoms with Crippen LogP contribution in [0.3, 0.4) is 0 Å². The molecule has 0 heterocycles. The van der Waals surface area contributed by atoms with E-state index in [0.29, 0.717) is 6.54 Å². The van der Waals surface area contributed by atoms with Crippen molar-refractivity contribution >= 4 is 5.96 Å². The second-order valence-corrected chi connectivity index (χ2v) is 4.13. The third-order valence-corrected chi connectivity index (χ3v) is 2.52. The molecule has 5 heteroatoms. The molecule has 0 aromatic heterocycles. The number of aliphatic imine (C=N–C) groups is 1. The summed E-state index contributed by atoms with van der Waals surface area (Å²) in [5.74, 6) is 1.07. The first-order chi connectivity index (χ1) is 9.26. The molecule has 0 aliphatic carbocycles. The minimum absolute atomic E-state index is 0.275. The number of hydrogen-bond acceptors (Lipinski definition) is 3. The lowest BCUT2D eigenvalue weighted by atomic mass is 10.2. The lowest BCUT2D eigenvalue weighted by molar-refractivity contribution is 0.195. The predicted molar refractivity (Wildman–Crippen MR) is 77.4 cm³/mol. The third kappa shape index (κ3) is 6.67. The number of methoxy groups -OCH3 is 1. The third-order valence-electron chi connectivity index (χ3n) is 2.52. The van der Waals surface area contributed by atoms with E-state index in [-0.39, 0.29) is 5.75 Å². The van der Waals surface area contributed by atoms with Crippen LogP contribution in [0.2, 0.25) is 0 Å². The van der Waals surface area contributed by atoms with Crippen molar-refractivity contribution in [1.82, 2.24) is 10.6 Å². The Labute approximate surface area is 114 Å². The minimum Gasteiger partial charge on any atom is -0.508 e. The van der Waals surface area contributed by atoms with Crippen molar-refractivity contribution < 1.29 is 9.84 Å². The molecule has 0 bridgehead atoms. The Hall–Kier alpha value is -1.75. The Morgan fingerprint density at radius 2 is 2.00 bits per heavy atom. The molecular weight excluding hydrogens is 242 g/mol. The van der Waals surface area contributed by atoms with E-state index >= 15 is 0 Å². The zero-order chi connectivity index (χ0) is 13.9. The van der Waals surface area contributed by atoms with Gasteiger partial charge in [-0.2, -0.15) is 0 Å². The zero-order valence-electron chi connectivity index (χ0n) is 11.6. The second-order valence-electron chi connectivity index (χ2n) is 4.13. The molecule has 19 heavy (non-hydrogen) atoms. The number of benzene rings is 1. The van der Waals surface area contributed by atoms with Crippen LogP contribution in [0, 0.1) is 0 Å². The van der Waals surface area contributed by atoms with Crippen molar-refractivity contribution in [2.75, 3.05) is 26.8 Å². The molecule has 0 spiro atoms. The molecule has 3 N–H and O–H groups in total. The van der Waals surface area contributed by atoms with Crippen LogP contribution in [0.15, 0.2) is 29.3 Å². The molecule has 0 unspecified atom stereocenters. The number of phenolic OH excluding ortho intramolecular Hbond substituents is 1. The minimum atomic E-state index is 0.275. The van der Waals surface area contributed by atoms with E-state index in [9.17, 15) is 5.11 Å². The van der Waals surface area contributed by atoms with Gasteiger partial charge in [-0.25, -0.2) is 4.99 Å². The average Bonchev–Trinajstić information content (AvgIpc) is 2.42. The van der Waals surface area contributed by atoms with Crippen LogP contribution in [-0.2, 0) is 11.3 Å². The van der Waals surface area contributed by atoms with Gasteiger partial charge in [-0.15, -0.1) is 0 Å². The average molecular weight is 265 g/mol. The summed E-state index contributed by atoms with van der Waals surface area (Å²) < 4.78 is 5.00. The molecule has 1 aromatic carbocycles. The molecule has 0 saturated heterocycles. The maximum atomic E-state index is 9.21. The number of phenols is 1. The van der Waals surface area contributed by atoms with Crippen LogP contribution in [0.5, 0.6) is 5.75 Å². The van der Waals surface area contributed by atoms with E-state index in [4.69, 9.17) is 4.74 Å². The van der Waals surface area contributed by atoms with Crippen LogP contribution in [-0.4, -0.2) is 37.9 Å². The van der Waals surface area contributed by atoms with E-state index in [1.807, 2.05) is 19.1 Å². The fraction of sp³-hybridized carbons (Fsp3) is 0.500. The largest absolute Gasteiger partial charge is 0.508 e. The zero-order valence-corrected chi connectivity index (χ0v) is 11.6. The summed E-state index contributed by atoms with van der Waals surface area (Å²) in [7, 11) is 1.70. The molecule has 1 rings (SSSR count). The topological polar surface area (TPSA) is 65.9 Å². The highest BCUT2D eigenvalue weighted by Gasteiger charge is 1.97. The number of guanidine groups is 1.